The summed E-state index contributed by atoms with van der Waals surface area (Å²) in [7, 11) is 0. The van der Waals surface area contributed by atoms with Crippen LogP contribution in [0.3, 0.4) is 0 Å². The number of thiol groups is 1. The minimum Gasteiger partial charge on any atom is -0.624 e. The lowest BCUT2D eigenvalue weighted by atomic mass is 10.00. The van der Waals surface area contributed by atoms with Gasteiger partial charge in [0.1, 0.15) is 0 Å². The van der Waals surface area contributed by atoms with Crippen molar-refractivity contribution >= 4 is 33.6 Å². The summed E-state index contributed by atoms with van der Waals surface area (Å²) in [5, 5.41) is 15.4. The van der Waals surface area contributed by atoms with Crippen LogP contribution in [0.2, 0.25) is 0 Å². The normalized spacial score (nSPS) is 17.6. The third-order valence-corrected chi connectivity index (χ3v) is 10.7. The molecule has 0 radical (unpaired) electrons. The summed E-state index contributed by atoms with van der Waals surface area (Å²) in [5.74, 6) is 0. The molecule has 50 heavy (non-hydrogen) atoms. The molecule has 9 rings (SSSR count). The van der Waals surface area contributed by atoms with E-state index in [4.69, 9.17) is 5.32 Å². The average Bonchev–Trinajstić information content (AvgIpc) is 3.53. The number of hydrogen-bond donors (Lipinski definition) is 2. The second kappa shape index (κ2) is 13.5. The summed E-state index contributed by atoms with van der Waals surface area (Å²) in [5.41, 5.74) is 9.41. The zero-order valence-corrected chi connectivity index (χ0v) is 28.3. The predicted molar refractivity (Wildman–Crippen MR) is 209 cm³/mol. The molecule has 1 aliphatic heterocycles. The van der Waals surface area contributed by atoms with Gasteiger partial charge in [-0.15, -0.1) is 0 Å². The van der Waals surface area contributed by atoms with Crippen LogP contribution in [0.4, 0.5) is 0 Å². The molecule has 242 valence electrons. The maximum Gasteiger partial charge on any atom is 0.158 e. The third kappa shape index (κ3) is 6.02. The first-order valence-electron chi connectivity index (χ1n) is 17.1. The molecule has 5 heteroatoms. The molecule has 1 aromatic heterocycles. The smallest absolute Gasteiger partial charge is 0.158 e. The first kappa shape index (κ1) is 30.6. The highest BCUT2D eigenvalue weighted by Crippen LogP contribution is 2.38. The van der Waals surface area contributed by atoms with Crippen molar-refractivity contribution in [2.24, 2.45) is 0 Å². The highest BCUT2D eigenvalue weighted by Gasteiger charge is 2.23. The molecule has 0 spiro atoms. The van der Waals surface area contributed by atoms with Gasteiger partial charge in [-0.1, -0.05) is 145 Å². The molecule has 2 heterocycles. The molecule has 0 amide bonds. The number of rotatable bonds is 7. The van der Waals surface area contributed by atoms with Gasteiger partial charge in [-0.3, -0.25) is 0 Å². The molecule has 4 nitrogen and oxygen atoms in total. The molecule has 8 aromatic rings. The molecular weight excluding hydrogens is 629 g/mol. The van der Waals surface area contributed by atoms with E-state index < -0.39 is 0 Å². The minimum atomic E-state index is -0.195. The van der Waals surface area contributed by atoms with Crippen LogP contribution in [0, 0.1) is 0 Å². The van der Waals surface area contributed by atoms with Gasteiger partial charge >= 0.3 is 0 Å². The highest BCUT2D eigenvalue weighted by atomic mass is 32.2. The Morgan fingerprint density at radius 1 is 0.440 bits per heavy atom. The van der Waals surface area contributed by atoms with Gasteiger partial charge < -0.3 is 20.5 Å². The van der Waals surface area contributed by atoms with Crippen molar-refractivity contribution < 1.29 is 0 Å². The minimum absolute atomic E-state index is 0.102. The Kier molecular flexibility index (Phi) is 8.25. The van der Waals surface area contributed by atoms with Gasteiger partial charge in [-0.05, 0) is 77.4 Å². The largest absolute Gasteiger partial charge is 0.624 e. The molecule has 0 saturated carbocycles. The van der Waals surface area contributed by atoms with Crippen LogP contribution in [-0.2, 0) is 11.8 Å². The molecule has 3 unspecified atom stereocenters. The third-order valence-electron chi connectivity index (χ3n) is 9.54. The van der Waals surface area contributed by atoms with E-state index in [0.717, 1.165) is 16.8 Å². The lowest BCUT2D eigenvalue weighted by molar-refractivity contribution is 0.316. The molecule has 1 saturated heterocycles. The maximum absolute atomic E-state index is 5.29. The average molecular weight is 665 g/mol. The van der Waals surface area contributed by atoms with Crippen LogP contribution in [0.1, 0.15) is 35.2 Å². The molecule has 0 aliphatic carbocycles. The molecule has 7 aromatic carbocycles. The van der Waals surface area contributed by atoms with Gasteiger partial charge in [-0.25, -0.2) is 0 Å². The van der Waals surface area contributed by atoms with Crippen molar-refractivity contribution in [3.63, 3.8) is 0 Å². The number of benzene rings is 7. The van der Waals surface area contributed by atoms with Gasteiger partial charge in [0.05, 0.1) is 17.2 Å². The lowest BCUT2D eigenvalue weighted by Gasteiger charge is -2.50. The van der Waals surface area contributed by atoms with Gasteiger partial charge in [-0.2, -0.15) is 0 Å². The van der Waals surface area contributed by atoms with Gasteiger partial charge in [0.15, 0.2) is 9.79 Å². The summed E-state index contributed by atoms with van der Waals surface area (Å²) in [6.07, 6.45) is -0.460. The molecule has 0 bridgehead atoms. The maximum atomic E-state index is 5.29. The second-order valence-electron chi connectivity index (χ2n) is 12.7. The standard InChI is InChI=1S/C45H35N4S/c1-3-12-32(13-4-1)43-46-44(33-22-26-36(27-23-33)49-41-20-9-7-18-39(41)40-19-8-10-21-42(40)49)48-45(47-43)35-15-11-14-34(30-35)31-24-28-38(29-25-31)50-37-16-5-2-6-17-37/h1-30,43-46,48H/q-1/p+1. The molecule has 2 N–H and O–H groups in total. The van der Waals surface area contributed by atoms with E-state index in [2.05, 4.69) is 197 Å². The number of nitrogens with zero attached hydrogens (tertiary/aromatic N) is 2. The number of fused-ring (bicyclic) bond motifs is 3. The summed E-state index contributed by atoms with van der Waals surface area (Å²) in [6.45, 7) is 0. The van der Waals surface area contributed by atoms with Crippen LogP contribution in [0.25, 0.3) is 43.9 Å². The molecule has 1 fully saturated rings. The van der Waals surface area contributed by atoms with Crippen molar-refractivity contribution in [2.75, 3.05) is 0 Å². The van der Waals surface area contributed by atoms with Gasteiger partial charge in [0.25, 0.3) is 0 Å². The molecular formula is C45H36N4S. The summed E-state index contributed by atoms with van der Waals surface area (Å²) < 4.78 is 2.36. The monoisotopic (exact) mass is 664 g/mol. The van der Waals surface area contributed by atoms with Crippen LogP contribution in [-0.4, -0.2) is 4.57 Å². The number of para-hydroxylation sites is 2. The lowest BCUT2D eigenvalue weighted by Crippen LogP contribution is -2.44. The van der Waals surface area contributed by atoms with E-state index in [1.165, 1.54) is 60.0 Å². The Morgan fingerprint density at radius 2 is 1.00 bits per heavy atom. The van der Waals surface area contributed by atoms with Gasteiger partial charge in [0, 0.05) is 28.2 Å². The zero-order chi connectivity index (χ0) is 33.3. The fourth-order valence-corrected chi connectivity index (χ4v) is 7.99. The van der Waals surface area contributed by atoms with Crippen molar-refractivity contribution in [1.82, 2.24) is 15.2 Å². The molecule has 1 aliphatic rings. The fraction of sp³-hybridized carbons (Fsp3) is 0.0667. The quantitative estimate of drug-likeness (QED) is 0.132. The van der Waals surface area contributed by atoms with E-state index in [1.807, 2.05) is 0 Å². The summed E-state index contributed by atoms with van der Waals surface area (Å²) >= 11 is 1.21. The van der Waals surface area contributed by atoms with Crippen molar-refractivity contribution in [2.45, 2.75) is 28.3 Å². The van der Waals surface area contributed by atoms with E-state index in [-0.39, 0.29) is 18.5 Å². The summed E-state index contributed by atoms with van der Waals surface area (Å²) in [4.78, 5) is 2.58. The zero-order valence-electron chi connectivity index (χ0n) is 27.4. The Hall–Kier alpha value is -5.43. The number of nitrogens with one attached hydrogen (secondary N) is 2. The van der Waals surface area contributed by atoms with Crippen LogP contribution in [0.5, 0.6) is 0 Å². The Bertz CT molecular complexity index is 2330. The van der Waals surface area contributed by atoms with E-state index in [1.54, 1.807) is 0 Å². The second-order valence-corrected chi connectivity index (χ2v) is 14.0. The van der Waals surface area contributed by atoms with E-state index in [0.29, 0.717) is 0 Å². The molecule has 3 atom stereocenters. The van der Waals surface area contributed by atoms with E-state index in [9.17, 15) is 0 Å². The van der Waals surface area contributed by atoms with Crippen molar-refractivity contribution in [3.05, 3.63) is 204 Å². The predicted octanol–water partition coefficient (Wildman–Crippen LogP) is 10.6. The topological polar surface area (TPSA) is 43.1 Å². The summed E-state index contributed by atoms with van der Waals surface area (Å²) in [6, 6.07) is 65.1. The Labute approximate surface area is 296 Å². The Balaban J connectivity index is 1.01. The van der Waals surface area contributed by atoms with E-state index >= 15 is 0 Å². The van der Waals surface area contributed by atoms with Crippen LogP contribution >= 0.6 is 0 Å². The van der Waals surface area contributed by atoms with Crippen molar-refractivity contribution in [3.8, 4) is 16.8 Å². The van der Waals surface area contributed by atoms with Crippen molar-refractivity contribution in [1.29, 1.82) is 0 Å². The number of aromatic nitrogens is 1. The number of hydrogen-bond acceptors (Lipinski definition) is 2. The van der Waals surface area contributed by atoms with Gasteiger partial charge in [0.2, 0.25) is 0 Å². The first-order valence-corrected chi connectivity index (χ1v) is 18.0. The van der Waals surface area contributed by atoms with Crippen LogP contribution < -0.4 is 10.6 Å². The highest BCUT2D eigenvalue weighted by molar-refractivity contribution is 7.78. The fourth-order valence-electron chi connectivity index (χ4n) is 7.08. The first-order chi connectivity index (χ1) is 24.8. The SMILES string of the molecule is c1ccc([SH+]c2ccc(-c3cccc(C4[N-]C(c5ccccc5)NC(c5ccc(-n6c7ccccc7c7ccccc76)cc5)N4)c3)cc2)cc1. The Morgan fingerprint density at radius 3 is 1.68 bits per heavy atom. The van der Waals surface area contributed by atoms with Crippen LogP contribution in [0.15, 0.2) is 192 Å².